The number of pyridine rings is 1. The van der Waals surface area contributed by atoms with Crippen molar-refractivity contribution in [2.24, 2.45) is 11.8 Å². The quantitative estimate of drug-likeness (QED) is 0.231. The van der Waals surface area contributed by atoms with Gasteiger partial charge in [0.15, 0.2) is 0 Å². The van der Waals surface area contributed by atoms with Crippen molar-refractivity contribution in [1.29, 1.82) is 0 Å². The van der Waals surface area contributed by atoms with Crippen molar-refractivity contribution in [2.45, 2.75) is 76.9 Å². The molecule has 2 amide bonds. The molecule has 3 saturated heterocycles. The van der Waals surface area contributed by atoms with Gasteiger partial charge in [-0.15, -0.1) is 0 Å². The van der Waals surface area contributed by atoms with Gasteiger partial charge in [0, 0.05) is 51.5 Å². The number of likely N-dealkylation sites (tertiary alicyclic amines) is 3. The first kappa shape index (κ1) is 40.3. The maximum absolute atomic E-state index is 12.7. The molecule has 0 unspecified atom stereocenters. The lowest BCUT2D eigenvalue weighted by molar-refractivity contribution is -0.137. The van der Waals surface area contributed by atoms with Crippen LogP contribution < -0.4 is 9.47 Å². The van der Waals surface area contributed by atoms with Crippen molar-refractivity contribution in [3.63, 3.8) is 0 Å². The Labute approximate surface area is 322 Å². The van der Waals surface area contributed by atoms with Crippen molar-refractivity contribution < 1.29 is 37.3 Å². The van der Waals surface area contributed by atoms with Gasteiger partial charge in [-0.3, -0.25) is 4.90 Å². The Bertz CT molecular complexity index is 1650. The molecule has 4 aliphatic rings. The Morgan fingerprint density at radius 2 is 1.31 bits per heavy atom. The number of halogens is 3. The molecule has 0 aliphatic carbocycles. The van der Waals surface area contributed by atoms with Crippen molar-refractivity contribution in [3.8, 4) is 17.4 Å². The zero-order valence-corrected chi connectivity index (χ0v) is 31.6. The van der Waals surface area contributed by atoms with Crippen LogP contribution >= 0.6 is 0 Å². The minimum atomic E-state index is -4.45. The topological polar surface area (TPSA) is 98.7 Å². The van der Waals surface area contributed by atoms with E-state index in [4.69, 9.17) is 14.6 Å². The second-order valence-electron chi connectivity index (χ2n) is 15.2. The molecular weight excluding hydrogens is 711 g/mol. The molecule has 1 aromatic heterocycles. The summed E-state index contributed by atoms with van der Waals surface area (Å²) in [5.41, 5.74) is 2.06. The lowest BCUT2D eigenvalue weighted by Gasteiger charge is -2.34. The van der Waals surface area contributed by atoms with Gasteiger partial charge in [0.25, 0.3) is 0 Å². The number of nitrogens with zero attached hydrogens (tertiary/aromatic N) is 5. The zero-order valence-electron chi connectivity index (χ0n) is 31.6. The number of carboxylic acid groups (broad SMARTS) is 1. The number of rotatable bonds is 9. The van der Waals surface area contributed by atoms with Gasteiger partial charge in [0.2, 0.25) is 5.88 Å². The number of piperidine rings is 3. The molecule has 4 aliphatic heterocycles. The number of carbonyl (C=O) groups is 2. The molecule has 0 atom stereocenters. The Morgan fingerprint density at radius 3 is 1.91 bits per heavy atom. The summed E-state index contributed by atoms with van der Waals surface area (Å²) in [6.07, 6.45) is 6.80. The molecule has 1 N–H and O–H groups in total. The summed E-state index contributed by atoms with van der Waals surface area (Å²) in [6, 6.07) is 17.1. The van der Waals surface area contributed by atoms with E-state index in [0.717, 1.165) is 95.5 Å². The number of carbonyl (C=O) groups excluding carboxylic acids is 1. The Balaban J connectivity index is 0.000000252. The maximum atomic E-state index is 12.7. The van der Waals surface area contributed by atoms with Crippen LogP contribution in [0.25, 0.3) is 0 Å². The van der Waals surface area contributed by atoms with Crippen molar-refractivity contribution in [2.75, 3.05) is 58.9 Å². The van der Waals surface area contributed by atoms with E-state index in [1.54, 1.807) is 34.1 Å². The van der Waals surface area contributed by atoms with E-state index in [2.05, 4.69) is 39.0 Å². The fourth-order valence-corrected chi connectivity index (χ4v) is 7.95. The molecule has 0 bridgehead atoms. The van der Waals surface area contributed by atoms with Crippen LogP contribution in [-0.4, -0.2) is 101 Å². The van der Waals surface area contributed by atoms with Gasteiger partial charge >= 0.3 is 18.4 Å². The summed E-state index contributed by atoms with van der Waals surface area (Å²) >= 11 is 0. The van der Waals surface area contributed by atoms with Crippen LogP contribution in [0.2, 0.25) is 0 Å². The molecule has 13 heteroatoms. The summed E-state index contributed by atoms with van der Waals surface area (Å²) in [4.78, 5) is 35.5. The summed E-state index contributed by atoms with van der Waals surface area (Å²) in [7, 11) is 0. The first-order valence-corrected chi connectivity index (χ1v) is 19.9. The molecule has 3 aromatic rings. The van der Waals surface area contributed by atoms with E-state index in [1.165, 1.54) is 56.4 Å². The lowest BCUT2D eigenvalue weighted by Crippen LogP contribution is -2.41. The van der Waals surface area contributed by atoms with E-state index < -0.39 is 17.8 Å². The highest BCUT2D eigenvalue weighted by Crippen LogP contribution is 2.31. The van der Waals surface area contributed by atoms with Crippen molar-refractivity contribution >= 4 is 12.2 Å². The zero-order chi connectivity index (χ0) is 38.6. The average molecular weight is 766 g/mol. The molecular formula is C42H54F3N5O5. The number of aromatic nitrogens is 1. The average Bonchev–Trinajstić information content (AvgIpc) is 3.21. The van der Waals surface area contributed by atoms with Crippen molar-refractivity contribution in [1.82, 2.24) is 24.6 Å². The van der Waals surface area contributed by atoms with Crippen LogP contribution in [0.15, 0.2) is 66.9 Å². The van der Waals surface area contributed by atoms with E-state index in [-0.39, 0.29) is 12.0 Å². The second kappa shape index (κ2) is 19.5. The fraction of sp³-hybridized carbons (Fsp3) is 0.548. The number of hydrogen-bond acceptors (Lipinski definition) is 7. The smallest absolute Gasteiger partial charge is 0.417 e. The minimum absolute atomic E-state index is 0.0377. The Hall–Kier alpha value is -4.36. The predicted octanol–water partition coefficient (Wildman–Crippen LogP) is 8.80. The normalized spacial score (nSPS) is 18.9. The summed E-state index contributed by atoms with van der Waals surface area (Å²) in [5.74, 6) is 2.13. The van der Waals surface area contributed by atoms with E-state index >= 15 is 0 Å². The number of amides is 2. The monoisotopic (exact) mass is 765 g/mol. The predicted molar refractivity (Wildman–Crippen MR) is 203 cm³/mol. The Kier molecular flexibility index (Phi) is 14.3. The standard InChI is InChI=1S/C29H30F3N3O3.C13H24N2O2/c30-29(31,32)24-5-10-27(33-19-24)37-25-6-8-26(9-7-25)38-28(36)35-17-12-21(13-18-35)11-15-34-16-14-22-3-1-2-4-23(22)20-34;16-13(17)15-10-5-12(6-11-15)4-9-14-7-2-1-3-8-14/h1-10,19,21H,11-18,20H2;12H,1-11H2,(H,16,17). The minimum Gasteiger partial charge on any atom is -0.465 e. The molecule has 7 rings (SSSR count). The number of ether oxygens (including phenoxy) is 2. The first-order valence-electron chi connectivity index (χ1n) is 19.9. The van der Waals surface area contributed by atoms with Gasteiger partial charge < -0.3 is 29.3 Å². The van der Waals surface area contributed by atoms with E-state index in [0.29, 0.717) is 30.5 Å². The maximum Gasteiger partial charge on any atom is 0.417 e. The van der Waals surface area contributed by atoms with Gasteiger partial charge in [-0.1, -0.05) is 30.7 Å². The highest BCUT2D eigenvalue weighted by molar-refractivity contribution is 5.70. The third-order valence-electron chi connectivity index (χ3n) is 11.4. The van der Waals surface area contributed by atoms with Gasteiger partial charge in [-0.05, 0) is 137 Å². The molecule has 10 nitrogen and oxygen atoms in total. The van der Waals surface area contributed by atoms with Crippen LogP contribution in [0.5, 0.6) is 17.4 Å². The SMILES string of the molecule is O=C(O)N1CCC(CCN2CCCCC2)CC1.O=C(Oc1ccc(Oc2ccc(C(F)(F)F)cn2)cc1)N1CCC(CCN2CCc3ccccc3C2)CC1. The fourth-order valence-electron chi connectivity index (χ4n) is 7.95. The number of fused-ring (bicyclic) bond motifs is 1. The van der Waals surface area contributed by atoms with E-state index in [9.17, 15) is 22.8 Å². The molecule has 5 heterocycles. The largest absolute Gasteiger partial charge is 0.465 e. The third kappa shape index (κ3) is 12.3. The van der Waals surface area contributed by atoms with Gasteiger partial charge in [-0.25, -0.2) is 14.6 Å². The highest BCUT2D eigenvalue weighted by atomic mass is 19.4. The van der Waals surface area contributed by atoms with Crippen LogP contribution in [0.3, 0.4) is 0 Å². The second-order valence-corrected chi connectivity index (χ2v) is 15.2. The molecule has 3 fully saturated rings. The number of hydrogen-bond donors (Lipinski definition) is 1. The molecule has 55 heavy (non-hydrogen) atoms. The highest BCUT2D eigenvalue weighted by Gasteiger charge is 2.31. The van der Waals surface area contributed by atoms with Crippen LogP contribution in [0.1, 0.15) is 74.5 Å². The Morgan fingerprint density at radius 1 is 0.709 bits per heavy atom. The molecule has 0 radical (unpaired) electrons. The van der Waals surface area contributed by atoms with Gasteiger partial charge in [0.05, 0.1) is 5.56 Å². The lowest BCUT2D eigenvalue weighted by atomic mass is 9.92. The summed E-state index contributed by atoms with van der Waals surface area (Å²) in [6.45, 7) is 9.79. The first-order chi connectivity index (χ1) is 26.6. The number of alkyl halides is 3. The van der Waals surface area contributed by atoms with Crippen molar-refractivity contribution in [3.05, 3.63) is 83.6 Å². The molecule has 2 aromatic carbocycles. The summed E-state index contributed by atoms with van der Waals surface area (Å²) < 4.78 is 49.0. The van der Waals surface area contributed by atoms with Crippen LogP contribution in [0, 0.1) is 11.8 Å². The van der Waals surface area contributed by atoms with Crippen LogP contribution in [-0.2, 0) is 19.1 Å². The van der Waals surface area contributed by atoms with E-state index in [1.807, 2.05) is 0 Å². The molecule has 0 spiro atoms. The molecule has 0 saturated carbocycles. The van der Waals surface area contributed by atoms with Gasteiger partial charge in [-0.2, -0.15) is 13.2 Å². The van der Waals surface area contributed by atoms with Crippen LogP contribution in [0.4, 0.5) is 22.8 Å². The molecule has 298 valence electrons. The summed E-state index contributed by atoms with van der Waals surface area (Å²) in [5, 5.41) is 8.88. The number of benzene rings is 2. The van der Waals surface area contributed by atoms with Gasteiger partial charge in [0.1, 0.15) is 11.5 Å². The third-order valence-corrected chi connectivity index (χ3v) is 11.4.